The van der Waals surface area contributed by atoms with E-state index in [0.717, 1.165) is 47.8 Å². The Hall–Kier alpha value is -3.30. The number of halogens is 1. The van der Waals surface area contributed by atoms with Crippen molar-refractivity contribution in [1.82, 2.24) is 14.9 Å². The van der Waals surface area contributed by atoms with Crippen molar-refractivity contribution in [3.63, 3.8) is 0 Å². The molecule has 1 aliphatic carbocycles. The van der Waals surface area contributed by atoms with Crippen molar-refractivity contribution in [1.29, 1.82) is 0 Å². The number of pyridine rings is 2. The Balaban J connectivity index is 1.32. The van der Waals surface area contributed by atoms with Gasteiger partial charge in [-0.2, -0.15) is 0 Å². The van der Waals surface area contributed by atoms with Crippen LogP contribution in [-0.4, -0.2) is 59.3 Å². The van der Waals surface area contributed by atoms with Crippen molar-refractivity contribution in [2.24, 2.45) is 0 Å². The molecule has 3 fully saturated rings. The molecule has 0 atom stereocenters. The number of aryl methyl sites for hydroxylation is 1. The van der Waals surface area contributed by atoms with Gasteiger partial charge in [-0.3, -0.25) is 9.88 Å². The number of ether oxygens (including phenoxy) is 3. The third-order valence-corrected chi connectivity index (χ3v) is 8.09. The second-order valence-corrected chi connectivity index (χ2v) is 10.3. The summed E-state index contributed by atoms with van der Waals surface area (Å²) in [6.07, 6.45) is 6.28. The van der Waals surface area contributed by atoms with Gasteiger partial charge in [-0.05, 0) is 68.9 Å². The molecule has 1 saturated carbocycles. The highest BCUT2D eigenvalue weighted by Gasteiger charge is 2.45. The van der Waals surface area contributed by atoms with Gasteiger partial charge in [-0.25, -0.2) is 14.2 Å². The van der Waals surface area contributed by atoms with E-state index in [2.05, 4.69) is 20.2 Å². The van der Waals surface area contributed by atoms with Crippen molar-refractivity contribution in [2.75, 3.05) is 32.1 Å². The zero-order valence-electron chi connectivity index (χ0n) is 21.2. The van der Waals surface area contributed by atoms with Gasteiger partial charge in [-0.15, -0.1) is 0 Å². The van der Waals surface area contributed by atoms with Crippen LogP contribution in [0.25, 0.3) is 10.9 Å². The van der Waals surface area contributed by atoms with Gasteiger partial charge in [0.25, 0.3) is 0 Å². The summed E-state index contributed by atoms with van der Waals surface area (Å²) in [6.45, 7) is 3.93. The van der Waals surface area contributed by atoms with Crippen LogP contribution in [0, 0.1) is 12.7 Å². The van der Waals surface area contributed by atoms with E-state index in [1.807, 2.05) is 31.2 Å². The Labute approximate surface area is 215 Å². The number of nitrogens with one attached hydrogen (secondary N) is 1. The van der Waals surface area contributed by atoms with Gasteiger partial charge in [0, 0.05) is 29.6 Å². The molecule has 1 N–H and O–H groups in total. The third-order valence-electron chi connectivity index (χ3n) is 8.09. The Bertz CT molecular complexity index is 1340. The Morgan fingerprint density at radius 3 is 2.86 bits per heavy atom. The van der Waals surface area contributed by atoms with E-state index in [1.165, 1.54) is 6.20 Å². The fraction of sp³-hybridized carbons (Fsp3) is 0.464. The Morgan fingerprint density at radius 1 is 1.27 bits per heavy atom. The molecule has 7 rings (SSSR count). The van der Waals surface area contributed by atoms with Crippen LogP contribution in [0.3, 0.4) is 0 Å². The molecule has 2 bridgehead atoms. The topological polar surface area (TPSA) is 85.8 Å². The van der Waals surface area contributed by atoms with E-state index in [1.54, 1.807) is 7.11 Å². The Kier molecular flexibility index (Phi) is 6.20. The summed E-state index contributed by atoms with van der Waals surface area (Å²) >= 11 is 0. The molecule has 0 unspecified atom stereocenters. The predicted octanol–water partition coefficient (Wildman–Crippen LogP) is 4.17. The van der Waals surface area contributed by atoms with Gasteiger partial charge in [-0.1, -0.05) is 0 Å². The van der Waals surface area contributed by atoms with E-state index in [4.69, 9.17) is 14.2 Å². The minimum absolute atomic E-state index is 0.131. The number of hydrogen-bond donors (Lipinski definition) is 1. The normalized spacial score (nSPS) is 22.6. The van der Waals surface area contributed by atoms with E-state index in [9.17, 15) is 4.79 Å². The molecule has 2 aromatic heterocycles. The van der Waals surface area contributed by atoms with Gasteiger partial charge >= 0.3 is 5.97 Å². The van der Waals surface area contributed by atoms with Crippen LogP contribution in [0.15, 0.2) is 30.5 Å². The zero-order valence-corrected chi connectivity index (χ0v) is 21.2. The van der Waals surface area contributed by atoms with E-state index < -0.39 is 0 Å². The number of rotatable bonds is 7. The second kappa shape index (κ2) is 9.54. The quantitative estimate of drug-likeness (QED) is 0.478. The smallest absolute Gasteiger partial charge is 0.332 e. The average molecular weight is 507 g/mol. The van der Waals surface area contributed by atoms with E-state index in [-0.39, 0.29) is 23.9 Å². The summed E-state index contributed by atoms with van der Waals surface area (Å²) in [7, 11) is 1.62. The lowest BCUT2D eigenvalue weighted by atomic mass is 9.76. The third kappa shape index (κ3) is 4.51. The van der Waals surface area contributed by atoms with Crippen LogP contribution in [0.4, 0.5) is 10.1 Å². The largest absolute Gasteiger partial charge is 0.497 e. The molecule has 3 aliphatic heterocycles. The summed E-state index contributed by atoms with van der Waals surface area (Å²) in [6, 6.07) is 7.65. The molecule has 9 heteroatoms. The number of carbonyl (C=O) groups is 1. The highest BCUT2D eigenvalue weighted by molar-refractivity contribution is 5.86. The van der Waals surface area contributed by atoms with Crippen LogP contribution < -0.4 is 14.8 Å². The van der Waals surface area contributed by atoms with Gasteiger partial charge in [0.1, 0.15) is 18.1 Å². The molecular formula is C28H31FN4O4. The maximum absolute atomic E-state index is 15.2. The van der Waals surface area contributed by atoms with Crippen molar-refractivity contribution in [3.05, 3.63) is 53.1 Å². The molecule has 194 valence electrons. The fourth-order valence-corrected chi connectivity index (χ4v) is 5.98. The Morgan fingerprint density at radius 2 is 2.11 bits per heavy atom. The number of esters is 1. The van der Waals surface area contributed by atoms with Crippen molar-refractivity contribution in [2.45, 2.75) is 57.2 Å². The zero-order chi connectivity index (χ0) is 25.6. The number of benzene rings is 1. The minimum Gasteiger partial charge on any atom is -0.497 e. The summed E-state index contributed by atoms with van der Waals surface area (Å²) in [4.78, 5) is 23.2. The van der Waals surface area contributed by atoms with Gasteiger partial charge in [0.2, 0.25) is 5.88 Å². The van der Waals surface area contributed by atoms with Crippen LogP contribution >= 0.6 is 0 Å². The molecule has 0 spiro atoms. The molecule has 0 radical (unpaired) electrons. The number of aromatic nitrogens is 2. The number of hydrogen-bond acceptors (Lipinski definition) is 8. The lowest BCUT2D eigenvalue weighted by Gasteiger charge is -2.52. The van der Waals surface area contributed by atoms with Gasteiger partial charge in [0.05, 0.1) is 42.9 Å². The number of nitrogens with zero attached hydrogens (tertiary/aromatic N) is 3. The van der Waals surface area contributed by atoms with Crippen molar-refractivity contribution < 1.29 is 23.4 Å². The SMILES string of the molecule is COc1cc(C)c2ncc(F)c(CCN(Cc3ccc4c(n3)OC(=O)CN4)C34CCC(CC3)OC4)c2c1. The van der Waals surface area contributed by atoms with Crippen LogP contribution in [0.1, 0.15) is 42.5 Å². The molecule has 0 amide bonds. The molecule has 5 heterocycles. The molecule has 3 aromatic rings. The predicted molar refractivity (Wildman–Crippen MR) is 136 cm³/mol. The lowest BCUT2D eigenvalue weighted by Crippen LogP contribution is -2.59. The first kappa shape index (κ1) is 24.1. The standard InChI is InChI=1S/C28H31FN4O4/c1-17-11-20(35-2)12-22-21(23(29)13-31-26(17)22)7-10-33(28-8-5-19(6-9-28)36-16-28)15-18-3-4-24-27(32-18)37-25(34)14-30-24/h3-4,11-13,19,30H,5-10,14-16H2,1-2H3. The molecule has 4 aliphatic rings. The minimum atomic E-state index is -0.350. The second-order valence-electron chi connectivity index (χ2n) is 10.3. The molecule has 37 heavy (non-hydrogen) atoms. The van der Waals surface area contributed by atoms with Crippen LogP contribution in [-0.2, 0) is 22.5 Å². The monoisotopic (exact) mass is 506 g/mol. The van der Waals surface area contributed by atoms with Crippen molar-refractivity contribution >= 4 is 22.6 Å². The summed E-state index contributed by atoms with van der Waals surface area (Å²) < 4.78 is 32.2. The maximum Gasteiger partial charge on any atom is 0.332 e. The number of fused-ring (bicyclic) bond motifs is 5. The van der Waals surface area contributed by atoms with E-state index >= 15 is 4.39 Å². The highest BCUT2D eigenvalue weighted by Crippen LogP contribution is 2.42. The molecule has 1 aromatic carbocycles. The molecular weight excluding hydrogens is 475 g/mol. The van der Waals surface area contributed by atoms with Gasteiger partial charge in [0.15, 0.2) is 0 Å². The average Bonchev–Trinajstić information content (AvgIpc) is 2.92. The van der Waals surface area contributed by atoms with Crippen molar-refractivity contribution in [3.8, 4) is 11.6 Å². The van der Waals surface area contributed by atoms with Crippen LogP contribution in [0.5, 0.6) is 11.6 Å². The van der Waals surface area contributed by atoms with Gasteiger partial charge < -0.3 is 19.5 Å². The number of anilines is 1. The van der Waals surface area contributed by atoms with E-state index in [0.29, 0.717) is 55.1 Å². The summed E-state index contributed by atoms with van der Waals surface area (Å²) in [5, 5.41) is 3.82. The first-order chi connectivity index (χ1) is 17.9. The fourth-order valence-electron chi connectivity index (χ4n) is 5.98. The molecule has 2 saturated heterocycles. The lowest BCUT2D eigenvalue weighted by molar-refractivity contribution is -0.138. The highest BCUT2D eigenvalue weighted by atomic mass is 19.1. The number of methoxy groups -OCH3 is 1. The number of carbonyl (C=O) groups excluding carboxylic acids is 1. The molecule has 8 nitrogen and oxygen atoms in total. The summed E-state index contributed by atoms with van der Waals surface area (Å²) in [5.41, 5.74) is 3.75. The first-order valence-electron chi connectivity index (χ1n) is 12.9. The maximum atomic E-state index is 15.2. The van der Waals surface area contributed by atoms with Crippen LogP contribution in [0.2, 0.25) is 0 Å². The summed E-state index contributed by atoms with van der Waals surface area (Å²) in [5.74, 6) is 0.335. The first-order valence-corrected chi connectivity index (χ1v) is 12.9.